The van der Waals surface area contributed by atoms with E-state index in [9.17, 15) is 9.59 Å². The number of nitrogens with one attached hydrogen (secondary N) is 1. The number of carbonyl (C=O) groups excluding carboxylic acids is 2. The average molecular weight is 455 g/mol. The Balaban J connectivity index is 1.37. The zero-order valence-electron chi connectivity index (χ0n) is 18.6. The van der Waals surface area contributed by atoms with Crippen LogP contribution in [0, 0.1) is 5.92 Å². The molecule has 1 N–H and O–H groups in total. The van der Waals surface area contributed by atoms with Crippen molar-refractivity contribution in [1.29, 1.82) is 0 Å². The van der Waals surface area contributed by atoms with Crippen LogP contribution < -0.4 is 5.32 Å². The van der Waals surface area contributed by atoms with E-state index in [-0.39, 0.29) is 23.4 Å². The van der Waals surface area contributed by atoms with Crippen molar-refractivity contribution in [3.63, 3.8) is 0 Å². The Kier molecular flexibility index (Phi) is 6.14. The summed E-state index contributed by atoms with van der Waals surface area (Å²) >= 11 is 1.42. The number of nitrogens with zero attached hydrogens (tertiary/aromatic N) is 1. The van der Waals surface area contributed by atoms with Gasteiger partial charge in [0.05, 0.1) is 16.3 Å². The molecule has 1 aliphatic rings. The Hall–Kier alpha value is -3.18. The summed E-state index contributed by atoms with van der Waals surface area (Å²) in [5.41, 5.74) is 3.67. The van der Waals surface area contributed by atoms with E-state index in [2.05, 4.69) is 23.3 Å². The summed E-state index contributed by atoms with van der Waals surface area (Å²) in [6.07, 6.45) is 3.71. The molecule has 5 heteroatoms. The molecule has 4 nitrogen and oxygen atoms in total. The molecule has 0 radical (unpaired) electrons. The normalized spacial score (nSPS) is 15.5. The van der Waals surface area contributed by atoms with Crippen LogP contribution in [-0.2, 0) is 11.2 Å². The lowest BCUT2D eigenvalue weighted by molar-refractivity contribution is -0.113. The molecule has 1 atom stereocenters. The molecule has 166 valence electrons. The van der Waals surface area contributed by atoms with Crippen molar-refractivity contribution < 1.29 is 9.59 Å². The first-order valence-corrected chi connectivity index (χ1v) is 12.5. The Morgan fingerprint density at radius 3 is 2.82 bits per heavy atom. The van der Waals surface area contributed by atoms with Crippen molar-refractivity contribution in [3.8, 4) is 0 Å². The molecule has 1 aromatic heterocycles. The number of aryl methyl sites for hydroxylation is 1. The Bertz CT molecular complexity index is 1360. The maximum Gasteiger partial charge on any atom is 0.234 e. The molecule has 0 saturated heterocycles. The van der Waals surface area contributed by atoms with E-state index in [1.54, 1.807) is 0 Å². The first-order chi connectivity index (χ1) is 16.1. The van der Waals surface area contributed by atoms with E-state index in [4.69, 9.17) is 0 Å². The number of rotatable bonds is 6. The second kappa shape index (κ2) is 9.36. The SMILES string of the molecule is CCCC1CCc2ccc(NC(=O)CSc3ccc4ccccc4n3)c3cccc(c23)C1=O. The molecule has 3 aromatic carbocycles. The topological polar surface area (TPSA) is 59.1 Å². The zero-order valence-corrected chi connectivity index (χ0v) is 19.5. The number of pyridine rings is 1. The number of aromatic nitrogens is 1. The van der Waals surface area contributed by atoms with Gasteiger partial charge in [0.1, 0.15) is 0 Å². The van der Waals surface area contributed by atoms with Gasteiger partial charge in [-0.25, -0.2) is 4.98 Å². The molecular formula is C28H26N2O2S. The van der Waals surface area contributed by atoms with Crippen LogP contribution in [0.3, 0.4) is 0 Å². The van der Waals surface area contributed by atoms with Crippen LogP contribution in [0.15, 0.2) is 71.8 Å². The van der Waals surface area contributed by atoms with Gasteiger partial charge in [0.25, 0.3) is 0 Å². The monoisotopic (exact) mass is 454 g/mol. The maximum atomic E-state index is 13.2. The summed E-state index contributed by atoms with van der Waals surface area (Å²) < 4.78 is 0. The van der Waals surface area contributed by atoms with Crippen LogP contribution in [0.5, 0.6) is 0 Å². The highest BCUT2D eigenvalue weighted by Gasteiger charge is 2.26. The summed E-state index contributed by atoms with van der Waals surface area (Å²) in [5, 5.41) is 6.92. The zero-order chi connectivity index (χ0) is 22.8. The molecule has 0 saturated carbocycles. The van der Waals surface area contributed by atoms with Crippen molar-refractivity contribution in [2.24, 2.45) is 5.92 Å². The number of para-hydroxylation sites is 1. The number of ketones is 1. The Morgan fingerprint density at radius 2 is 1.94 bits per heavy atom. The summed E-state index contributed by atoms with van der Waals surface area (Å²) in [6.45, 7) is 2.13. The highest BCUT2D eigenvalue weighted by atomic mass is 32.2. The van der Waals surface area contributed by atoms with Gasteiger partial charge in [-0.15, -0.1) is 0 Å². The third-order valence-corrected chi connectivity index (χ3v) is 7.29. The number of benzene rings is 3. The molecule has 5 rings (SSSR count). The van der Waals surface area contributed by atoms with Crippen molar-refractivity contribution in [3.05, 3.63) is 77.9 Å². The third kappa shape index (κ3) is 4.38. The lowest BCUT2D eigenvalue weighted by Crippen LogP contribution is -2.15. The molecule has 1 unspecified atom stereocenters. The van der Waals surface area contributed by atoms with E-state index in [0.717, 1.165) is 63.6 Å². The fourth-order valence-electron chi connectivity index (χ4n) is 4.76. The van der Waals surface area contributed by atoms with E-state index < -0.39 is 0 Å². The van der Waals surface area contributed by atoms with Crippen LogP contribution in [0.4, 0.5) is 5.69 Å². The fraction of sp³-hybridized carbons (Fsp3) is 0.250. The number of Topliss-reactive ketones (excluding diaryl/α,β-unsaturated/α-hetero) is 1. The van der Waals surface area contributed by atoms with Gasteiger partial charge in [0, 0.05) is 27.9 Å². The molecule has 33 heavy (non-hydrogen) atoms. The van der Waals surface area contributed by atoms with Gasteiger partial charge in [-0.3, -0.25) is 9.59 Å². The average Bonchev–Trinajstić information content (AvgIpc) is 2.98. The standard InChI is InChI=1S/C28H26N2O2S/c1-2-6-20-12-11-19-13-15-24(21-8-5-9-22(27(19)21)28(20)32)29-25(31)17-33-26-16-14-18-7-3-4-10-23(18)30-26/h3-5,7-10,13-16,20H,2,6,11-12,17H2,1H3,(H,29,31). The molecule has 0 spiro atoms. The minimum atomic E-state index is -0.0838. The lowest BCUT2D eigenvalue weighted by atomic mass is 9.91. The van der Waals surface area contributed by atoms with E-state index in [1.807, 2.05) is 60.7 Å². The number of anilines is 1. The van der Waals surface area contributed by atoms with Gasteiger partial charge in [0.2, 0.25) is 5.91 Å². The van der Waals surface area contributed by atoms with Crippen LogP contribution in [0.1, 0.15) is 42.1 Å². The Labute approximate surface area is 197 Å². The number of thioether (sulfide) groups is 1. The summed E-state index contributed by atoms with van der Waals surface area (Å²) in [5.74, 6) is 0.505. The number of fused-ring (bicyclic) bond motifs is 1. The first-order valence-electron chi connectivity index (χ1n) is 11.5. The van der Waals surface area contributed by atoms with Gasteiger partial charge in [-0.1, -0.05) is 73.6 Å². The minimum absolute atomic E-state index is 0.0805. The Morgan fingerprint density at radius 1 is 1.06 bits per heavy atom. The summed E-state index contributed by atoms with van der Waals surface area (Å²) in [6, 6.07) is 21.8. The van der Waals surface area contributed by atoms with E-state index in [0.29, 0.717) is 0 Å². The smallest absolute Gasteiger partial charge is 0.234 e. The molecule has 0 fully saturated rings. The predicted octanol–water partition coefficient (Wildman–Crippen LogP) is 6.66. The number of carbonyl (C=O) groups is 2. The van der Waals surface area contributed by atoms with Gasteiger partial charge in [-0.2, -0.15) is 0 Å². The number of hydrogen-bond donors (Lipinski definition) is 1. The highest BCUT2D eigenvalue weighted by molar-refractivity contribution is 7.99. The molecule has 0 aliphatic heterocycles. The van der Waals surface area contributed by atoms with Gasteiger partial charge in [-0.05, 0) is 48.4 Å². The second-order valence-corrected chi connectivity index (χ2v) is 9.56. The quantitative estimate of drug-likeness (QED) is 0.331. The van der Waals surface area contributed by atoms with E-state index >= 15 is 0 Å². The van der Waals surface area contributed by atoms with Crippen molar-refractivity contribution in [2.75, 3.05) is 11.1 Å². The van der Waals surface area contributed by atoms with Crippen molar-refractivity contribution in [1.82, 2.24) is 4.98 Å². The third-order valence-electron chi connectivity index (χ3n) is 6.36. The maximum absolute atomic E-state index is 13.2. The van der Waals surface area contributed by atoms with E-state index in [1.165, 1.54) is 17.3 Å². The lowest BCUT2D eigenvalue weighted by Gasteiger charge is -2.14. The largest absolute Gasteiger partial charge is 0.325 e. The van der Waals surface area contributed by atoms with Crippen LogP contribution in [-0.4, -0.2) is 22.4 Å². The first kappa shape index (κ1) is 21.7. The predicted molar refractivity (Wildman–Crippen MR) is 136 cm³/mol. The van der Waals surface area contributed by atoms with Crippen LogP contribution in [0.2, 0.25) is 0 Å². The molecule has 1 aliphatic carbocycles. The highest BCUT2D eigenvalue weighted by Crippen LogP contribution is 2.36. The molecule has 1 amide bonds. The van der Waals surface area contributed by atoms with Crippen LogP contribution >= 0.6 is 11.8 Å². The fourth-order valence-corrected chi connectivity index (χ4v) is 5.44. The summed E-state index contributed by atoms with van der Waals surface area (Å²) in [7, 11) is 0. The van der Waals surface area contributed by atoms with Crippen molar-refractivity contribution in [2.45, 2.75) is 37.6 Å². The van der Waals surface area contributed by atoms with Gasteiger partial charge >= 0.3 is 0 Å². The van der Waals surface area contributed by atoms with Crippen molar-refractivity contribution >= 4 is 50.8 Å². The molecule has 1 heterocycles. The van der Waals surface area contributed by atoms with Gasteiger partial charge < -0.3 is 5.32 Å². The van der Waals surface area contributed by atoms with Gasteiger partial charge in [0.15, 0.2) is 5.78 Å². The molecule has 4 aromatic rings. The number of amides is 1. The molecule has 0 bridgehead atoms. The summed E-state index contributed by atoms with van der Waals surface area (Å²) in [4.78, 5) is 30.6. The van der Waals surface area contributed by atoms with Crippen LogP contribution in [0.25, 0.3) is 21.7 Å². The molecular weight excluding hydrogens is 428 g/mol. The second-order valence-electron chi connectivity index (χ2n) is 8.57. The number of hydrogen-bond acceptors (Lipinski definition) is 4. The minimum Gasteiger partial charge on any atom is -0.325 e.